The lowest BCUT2D eigenvalue weighted by Crippen LogP contribution is -2.12. The Kier molecular flexibility index (Phi) is 3.75. The van der Waals surface area contributed by atoms with Gasteiger partial charge in [0.2, 0.25) is 0 Å². The predicted molar refractivity (Wildman–Crippen MR) is 56.8 cm³/mol. The highest BCUT2D eigenvalue weighted by Gasteiger charge is 2.12. The van der Waals surface area contributed by atoms with Crippen molar-refractivity contribution in [3.63, 3.8) is 0 Å². The molecule has 1 aromatic carbocycles. The number of aliphatic hydroxyl groups is 1. The molecule has 0 amide bonds. The van der Waals surface area contributed by atoms with E-state index in [0.717, 1.165) is 5.56 Å². The maximum atomic E-state index is 9.56. The predicted octanol–water partition coefficient (Wildman–Crippen LogP) is 1.65. The normalized spacial score (nSPS) is 12.6. The Labute approximate surface area is 88.4 Å². The number of methoxy groups -OCH3 is 1. The Hall–Kier alpha value is -0.770. The van der Waals surface area contributed by atoms with Crippen molar-refractivity contribution in [2.45, 2.75) is 13.0 Å². The molecule has 0 aromatic heterocycles. The Balaban J connectivity index is 3.17. The minimum Gasteiger partial charge on any atom is -0.496 e. The first-order valence-electron chi connectivity index (χ1n) is 4.32. The maximum absolute atomic E-state index is 9.56. The third-order valence-electron chi connectivity index (χ3n) is 2.10. The van der Waals surface area contributed by atoms with Crippen molar-refractivity contribution < 1.29 is 9.84 Å². The van der Waals surface area contributed by atoms with Gasteiger partial charge in [-0.2, -0.15) is 0 Å². The quantitative estimate of drug-likeness (QED) is 0.806. The summed E-state index contributed by atoms with van der Waals surface area (Å²) in [7, 11) is 1.58. The smallest absolute Gasteiger partial charge is 0.122 e. The number of hydrogen-bond acceptors (Lipinski definition) is 3. The monoisotopic (exact) mass is 215 g/mol. The fraction of sp³-hybridized carbons (Fsp3) is 0.400. The van der Waals surface area contributed by atoms with E-state index in [4.69, 9.17) is 22.1 Å². The Morgan fingerprint density at radius 1 is 1.57 bits per heavy atom. The van der Waals surface area contributed by atoms with Crippen LogP contribution in [0, 0.1) is 6.92 Å². The van der Waals surface area contributed by atoms with Crippen LogP contribution in [-0.4, -0.2) is 18.8 Å². The summed E-state index contributed by atoms with van der Waals surface area (Å²) < 4.78 is 5.12. The SMILES string of the molecule is COc1cc(C(O)CN)c(Cl)cc1C. The molecule has 0 heterocycles. The summed E-state index contributed by atoms with van der Waals surface area (Å²) in [5.74, 6) is 0.705. The Morgan fingerprint density at radius 3 is 2.71 bits per heavy atom. The van der Waals surface area contributed by atoms with E-state index < -0.39 is 6.10 Å². The third kappa shape index (κ3) is 2.18. The Bertz CT molecular complexity index is 328. The van der Waals surface area contributed by atoms with Crippen molar-refractivity contribution in [1.82, 2.24) is 0 Å². The highest BCUT2D eigenvalue weighted by atomic mass is 35.5. The minimum absolute atomic E-state index is 0.145. The molecular weight excluding hydrogens is 202 g/mol. The summed E-state index contributed by atoms with van der Waals surface area (Å²) in [6, 6.07) is 3.48. The molecule has 0 aliphatic heterocycles. The van der Waals surface area contributed by atoms with Crippen molar-refractivity contribution >= 4 is 11.6 Å². The van der Waals surface area contributed by atoms with Crippen LogP contribution in [0.25, 0.3) is 0 Å². The number of halogens is 1. The van der Waals surface area contributed by atoms with Crippen LogP contribution in [0.4, 0.5) is 0 Å². The molecule has 4 heteroatoms. The van der Waals surface area contributed by atoms with Gasteiger partial charge in [0.1, 0.15) is 5.75 Å². The molecule has 0 spiro atoms. The molecule has 1 aromatic rings. The molecule has 14 heavy (non-hydrogen) atoms. The van der Waals surface area contributed by atoms with Crippen molar-refractivity contribution in [2.75, 3.05) is 13.7 Å². The second kappa shape index (κ2) is 4.64. The van der Waals surface area contributed by atoms with Crippen LogP contribution < -0.4 is 10.5 Å². The molecule has 1 unspecified atom stereocenters. The van der Waals surface area contributed by atoms with Gasteiger partial charge in [-0.15, -0.1) is 0 Å². The number of ether oxygens (including phenoxy) is 1. The second-order valence-corrected chi connectivity index (χ2v) is 3.50. The first kappa shape index (κ1) is 11.3. The van der Waals surface area contributed by atoms with Crippen LogP contribution in [0.1, 0.15) is 17.2 Å². The standard InChI is InChI=1S/C10H14ClNO2/c1-6-3-8(11)7(9(13)5-12)4-10(6)14-2/h3-4,9,13H,5,12H2,1-2H3. The molecule has 0 bridgehead atoms. The molecule has 3 N–H and O–H groups in total. The van der Waals surface area contributed by atoms with E-state index in [0.29, 0.717) is 16.3 Å². The van der Waals surface area contributed by atoms with Crippen LogP contribution in [0.3, 0.4) is 0 Å². The molecule has 1 atom stereocenters. The van der Waals surface area contributed by atoms with E-state index in [2.05, 4.69) is 0 Å². The van der Waals surface area contributed by atoms with Gasteiger partial charge in [-0.25, -0.2) is 0 Å². The number of aliphatic hydroxyl groups excluding tert-OH is 1. The van der Waals surface area contributed by atoms with Gasteiger partial charge in [0.15, 0.2) is 0 Å². The van der Waals surface area contributed by atoms with Crippen molar-refractivity contribution in [1.29, 1.82) is 0 Å². The van der Waals surface area contributed by atoms with E-state index in [1.807, 2.05) is 6.92 Å². The van der Waals surface area contributed by atoms with E-state index >= 15 is 0 Å². The van der Waals surface area contributed by atoms with E-state index in [-0.39, 0.29) is 6.54 Å². The minimum atomic E-state index is -0.739. The average Bonchev–Trinajstić information content (AvgIpc) is 2.17. The second-order valence-electron chi connectivity index (χ2n) is 3.09. The summed E-state index contributed by atoms with van der Waals surface area (Å²) in [6.07, 6.45) is -0.739. The fourth-order valence-corrected chi connectivity index (χ4v) is 1.61. The number of hydrogen-bond donors (Lipinski definition) is 2. The molecule has 0 fully saturated rings. The highest BCUT2D eigenvalue weighted by molar-refractivity contribution is 6.31. The third-order valence-corrected chi connectivity index (χ3v) is 2.42. The van der Waals surface area contributed by atoms with Gasteiger partial charge in [0.05, 0.1) is 13.2 Å². The van der Waals surface area contributed by atoms with E-state index in [9.17, 15) is 5.11 Å². The summed E-state index contributed by atoms with van der Waals surface area (Å²) in [5, 5.41) is 10.1. The first-order chi connectivity index (χ1) is 6.60. The molecule has 1 rings (SSSR count). The summed E-state index contributed by atoms with van der Waals surface area (Å²) in [4.78, 5) is 0. The van der Waals surface area contributed by atoms with E-state index in [1.165, 1.54) is 0 Å². The summed E-state index contributed by atoms with van der Waals surface area (Å²) in [6.45, 7) is 2.04. The molecular formula is C10H14ClNO2. The van der Waals surface area contributed by atoms with Crippen molar-refractivity contribution in [3.05, 3.63) is 28.3 Å². The van der Waals surface area contributed by atoms with Crippen LogP contribution in [-0.2, 0) is 0 Å². The zero-order valence-electron chi connectivity index (χ0n) is 8.25. The number of nitrogens with two attached hydrogens (primary N) is 1. The topological polar surface area (TPSA) is 55.5 Å². The zero-order chi connectivity index (χ0) is 10.7. The lowest BCUT2D eigenvalue weighted by Gasteiger charge is -2.13. The van der Waals surface area contributed by atoms with Gasteiger partial charge in [0.25, 0.3) is 0 Å². The zero-order valence-corrected chi connectivity index (χ0v) is 9.01. The van der Waals surface area contributed by atoms with Gasteiger partial charge in [-0.3, -0.25) is 0 Å². The van der Waals surface area contributed by atoms with Crippen molar-refractivity contribution in [3.8, 4) is 5.75 Å². The molecule has 0 radical (unpaired) electrons. The van der Waals surface area contributed by atoms with Crippen LogP contribution in [0.2, 0.25) is 5.02 Å². The first-order valence-corrected chi connectivity index (χ1v) is 4.70. The molecule has 3 nitrogen and oxygen atoms in total. The number of aryl methyl sites for hydroxylation is 1. The number of rotatable bonds is 3. The largest absolute Gasteiger partial charge is 0.496 e. The van der Waals surface area contributed by atoms with Crippen LogP contribution >= 0.6 is 11.6 Å². The maximum Gasteiger partial charge on any atom is 0.122 e. The van der Waals surface area contributed by atoms with Crippen molar-refractivity contribution in [2.24, 2.45) is 5.73 Å². The van der Waals surface area contributed by atoms with Crippen LogP contribution in [0.15, 0.2) is 12.1 Å². The fourth-order valence-electron chi connectivity index (χ4n) is 1.27. The lowest BCUT2D eigenvalue weighted by molar-refractivity contribution is 0.186. The highest BCUT2D eigenvalue weighted by Crippen LogP contribution is 2.30. The molecule has 78 valence electrons. The molecule has 0 saturated heterocycles. The lowest BCUT2D eigenvalue weighted by atomic mass is 10.1. The van der Waals surface area contributed by atoms with E-state index in [1.54, 1.807) is 19.2 Å². The molecule has 0 saturated carbocycles. The van der Waals surface area contributed by atoms with Crippen LogP contribution in [0.5, 0.6) is 5.75 Å². The average molecular weight is 216 g/mol. The number of benzene rings is 1. The van der Waals surface area contributed by atoms with Gasteiger partial charge < -0.3 is 15.6 Å². The van der Waals surface area contributed by atoms with Gasteiger partial charge in [-0.05, 0) is 24.6 Å². The van der Waals surface area contributed by atoms with Gasteiger partial charge in [-0.1, -0.05) is 11.6 Å². The molecule has 0 aliphatic rings. The molecule has 0 aliphatic carbocycles. The summed E-state index contributed by atoms with van der Waals surface area (Å²) >= 11 is 5.96. The van der Waals surface area contributed by atoms with Gasteiger partial charge >= 0.3 is 0 Å². The summed E-state index contributed by atoms with van der Waals surface area (Å²) in [5.41, 5.74) is 6.90. The van der Waals surface area contributed by atoms with Gasteiger partial charge in [0, 0.05) is 17.1 Å². The Morgan fingerprint density at radius 2 is 2.21 bits per heavy atom.